The van der Waals surface area contributed by atoms with Crippen molar-refractivity contribution in [3.8, 4) is 11.5 Å². The lowest BCUT2D eigenvalue weighted by Gasteiger charge is -2.17. The Morgan fingerprint density at radius 3 is 2.31 bits per heavy atom. The minimum absolute atomic E-state index is 0.145. The smallest absolute Gasteiger partial charge is 0.340 e. The molecule has 158 valence electrons. The van der Waals surface area contributed by atoms with Gasteiger partial charge in [0, 0.05) is 17.4 Å². The number of esters is 1. The van der Waals surface area contributed by atoms with Crippen molar-refractivity contribution in [2.45, 2.75) is 47.6 Å². The Morgan fingerprint density at radius 1 is 1.03 bits per heavy atom. The van der Waals surface area contributed by atoms with Gasteiger partial charge in [0.2, 0.25) is 5.78 Å². The maximum Gasteiger partial charge on any atom is 0.340 e. The Hall–Kier alpha value is -2.96. The van der Waals surface area contributed by atoms with Gasteiger partial charge < -0.3 is 24.5 Å². The molecule has 2 N–H and O–H groups in total. The van der Waals surface area contributed by atoms with Gasteiger partial charge >= 0.3 is 5.97 Å². The van der Waals surface area contributed by atoms with Crippen molar-refractivity contribution in [2.24, 2.45) is 0 Å². The van der Waals surface area contributed by atoms with Crippen molar-refractivity contribution in [3.63, 3.8) is 0 Å². The van der Waals surface area contributed by atoms with E-state index in [4.69, 9.17) is 14.2 Å². The largest absolute Gasteiger partial charge is 0.490 e. The number of hydrogen-bond donors (Lipinski definition) is 2. The number of aromatic amines is 1. The lowest BCUT2D eigenvalue weighted by Crippen LogP contribution is -2.27. The van der Waals surface area contributed by atoms with E-state index in [1.807, 2.05) is 32.0 Å². The molecule has 0 amide bonds. The van der Waals surface area contributed by atoms with E-state index < -0.39 is 12.0 Å². The standard InChI is InChI=1S/C22H30N2O5/c1-7-27-17-11-10-16(12-18(17)28-8-2)23-15(6)21(25)20-13(4)19(14(5)24-20)22(26)29-9-3/h10-12,15,23-24H,7-9H2,1-6H3/t15-/m1/s1. The summed E-state index contributed by atoms with van der Waals surface area (Å²) < 4.78 is 16.3. The van der Waals surface area contributed by atoms with Crippen LogP contribution in [0.4, 0.5) is 5.69 Å². The molecule has 2 rings (SSSR count). The average molecular weight is 402 g/mol. The third-order valence-electron chi connectivity index (χ3n) is 4.48. The number of rotatable bonds is 10. The number of carbonyl (C=O) groups excluding carboxylic acids is 2. The normalized spacial score (nSPS) is 11.7. The highest BCUT2D eigenvalue weighted by Gasteiger charge is 2.25. The number of aromatic nitrogens is 1. The second-order valence-electron chi connectivity index (χ2n) is 6.60. The average Bonchev–Trinajstić information content (AvgIpc) is 2.98. The SMILES string of the molecule is CCOC(=O)c1c(C)[nH]c(C(=O)[C@@H](C)Nc2ccc(OCC)c(OCC)c2)c1C. The second-order valence-corrected chi connectivity index (χ2v) is 6.60. The predicted octanol–water partition coefficient (Wildman–Crippen LogP) is 4.29. The molecule has 2 aromatic rings. The predicted molar refractivity (Wildman–Crippen MR) is 112 cm³/mol. The van der Waals surface area contributed by atoms with E-state index in [1.165, 1.54) is 0 Å². The summed E-state index contributed by atoms with van der Waals surface area (Å²) in [6.45, 7) is 12.2. The van der Waals surface area contributed by atoms with Crippen molar-refractivity contribution in [1.82, 2.24) is 4.98 Å². The molecule has 0 radical (unpaired) electrons. The fourth-order valence-electron chi connectivity index (χ4n) is 3.18. The molecule has 0 fully saturated rings. The van der Waals surface area contributed by atoms with E-state index in [-0.39, 0.29) is 12.4 Å². The van der Waals surface area contributed by atoms with Crippen LogP contribution in [-0.4, -0.2) is 42.6 Å². The van der Waals surface area contributed by atoms with Crippen LogP contribution in [0.3, 0.4) is 0 Å². The minimum Gasteiger partial charge on any atom is -0.490 e. The summed E-state index contributed by atoms with van der Waals surface area (Å²) in [7, 11) is 0. The van der Waals surface area contributed by atoms with E-state index in [1.54, 1.807) is 27.7 Å². The van der Waals surface area contributed by atoms with Crippen LogP contribution in [0.5, 0.6) is 11.5 Å². The molecule has 0 bridgehead atoms. The first-order chi connectivity index (χ1) is 13.8. The molecule has 0 spiro atoms. The van der Waals surface area contributed by atoms with Gasteiger partial charge in [0.15, 0.2) is 11.5 Å². The van der Waals surface area contributed by atoms with Crippen LogP contribution in [-0.2, 0) is 4.74 Å². The van der Waals surface area contributed by atoms with Crippen LogP contribution >= 0.6 is 0 Å². The number of benzene rings is 1. The zero-order valence-electron chi connectivity index (χ0n) is 18.0. The fourth-order valence-corrected chi connectivity index (χ4v) is 3.18. The Balaban J connectivity index is 2.22. The van der Waals surface area contributed by atoms with Gasteiger partial charge in [-0.25, -0.2) is 4.79 Å². The van der Waals surface area contributed by atoms with Crippen molar-refractivity contribution in [1.29, 1.82) is 0 Å². The van der Waals surface area contributed by atoms with Crippen molar-refractivity contribution >= 4 is 17.4 Å². The number of hydrogen-bond acceptors (Lipinski definition) is 6. The van der Waals surface area contributed by atoms with Gasteiger partial charge in [-0.2, -0.15) is 0 Å². The first-order valence-corrected chi connectivity index (χ1v) is 9.90. The quantitative estimate of drug-likeness (QED) is 0.455. The Bertz CT molecular complexity index is 872. The number of ether oxygens (including phenoxy) is 3. The highest BCUT2D eigenvalue weighted by atomic mass is 16.5. The van der Waals surface area contributed by atoms with Crippen molar-refractivity contribution in [2.75, 3.05) is 25.1 Å². The molecule has 1 heterocycles. The van der Waals surface area contributed by atoms with Gasteiger partial charge in [0.05, 0.1) is 37.1 Å². The molecule has 1 aromatic heterocycles. The first kappa shape index (κ1) is 22.3. The molecular weight excluding hydrogens is 372 g/mol. The zero-order chi connectivity index (χ0) is 21.6. The molecule has 1 aromatic carbocycles. The number of aryl methyl sites for hydroxylation is 1. The van der Waals surface area contributed by atoms with Gasteiger partial charge in [-0.1, -0.05) is 0 Å². The number of nitrogens with one attached hydrogen (secondary N) is 2. The number of anilines is 1. The third-order valence-corrected chi connectivity index (χ3v) is 4.48. The summed E-state index contributed by atoms with van der Waals surface area (Å²) in [6.07, 6.45) is 0. The van der Waals surface area contributed by atoms with Crippen LogP contribution in [0.1, 0.15) is 59.8 Å². The van der Waals surface area contributed by atoms with E-state index in [0.29, 0.717) is 47.2 Å². The van der Waals surface area contributed by atoms with Crippen molar-refractivity contribution in [3.05, 3.63) is 40.7 Å². The molecule has 29 heavy (non-hydrogen) atoms. The lowest BCUT2D eigenvalue weighted by atomic mass is 10.0. The minimum atomic E-state index is -0.519. The topological polar surface area (TPSA) is 89.7 Å². The number of carbonyl (C=O) groups is 2. The molecule has 0 saturated carbocycles. The Morgan fingerprint density at radius 2 is 1.69 bits per heavy atom. The van der Waals surface area contributed by atoms with Crippen LogP contribution in [0.15, 0.2) is 18.2 Å². The van der Waals surface area contributed by atoms with Crippen molar-refractivity contribution < 1.29 is 23.8 Å². The molecular formula is C22H30N2O5. The van der Waals surface area contributed by atoms with Gasteiger partial charge in [-0.05, 0) is 59.2 Å². The zero-order valence-corrected chi connectivity index (χ0v) is 18.0. The first-order valence-electron chi connectivity index (χ1n) is 9.90. The molecule has 0 aliphatic carbocycles. The molecule has 1 atom stereocenters. The highest BCUT2D eigenvalue weighted by Crippen LogP contribution is 2.31. The summed E-state index contributed by atoms with van der Waals surface area (Å²) in [6, 6.07) is 4.95. The maximum absolute atomic E-state index is 13.0. The van der Waals surface area contributed by atoms with Crippen LogP contribution in [0.25, 0.3) is 0 Å². The van der Waals surface area contributed by atoms with E-state index in [9.17, 15) is 9.59 Å². The molecule has 7 heteroatoms. The Labute approximate surface area is 171 Å². The summed E-state index contributed by atoms with van der Waals surface area (Å²) in [4.78, 5) is 28.2. The molecule has 7 nitrogen and oxygen atoms in total. The van der Waals surface area contributed by atoms with Crippen LogP contribution in [0.2, 0.25) is 0 Å². The fraction of sp³-hybridized carbons (Fsp3) is 0.455. The summed E-state index contributed by atoms with van der Waals surface area (Å²) in [5.74, 6) is 0.712. The number of ketones is 1. The van der Waals surface area contributed by atoms with Gasteiger partial charge in [-0.3, -0.25) is 4.79 Å². The summed E-state index contributed by atoms with van der Waals surface area (Å²) >= 11 is 0. The van der Waals surface area contributed by atoms with Crippen LogP contribution < -0.4 is 14.8 Å². The third kappa shape index (κ3) is 5.10. The van der Waals surface area contributed by atoms with E-state index in [0.717, 1.165) is 5.69 Å². The van der Waals surface area contributed by atoms with E-state index >= 15 is 0 Å². The van der Waals surface area contributed by atoms with E-state index in [2.05, 4.69) is 10.3 Å². The molecule has 0 saturated heterocycles. The lowest BCUT2D eigenvalue weighted by molar-refractivity contribution is 0.0525. The molecule has 0 aliphatic rings. The van der Waals surface area contributed by atoms with Crippen LogP contribution in [0, 0.1) is 13.8 Å². The summed E-state index contributed by atoms with van der Waals surface area (Å²) in [5.41, 5.74) is 2.78. The van der Waals surface area contributed by atoms with Gasteiger partial charge in [0.25, 0.3) is 0 Å². The summed E-state index contributed by atoms with van der Waals surface area (Å²) in [5, 5.41) is 3.20. The number of H-pyrrole nitrogens is 1. The maximum atomic E-state index is 13.0. The second kappa shape index (κ2) is 10.0. The molecule has 0 unspecified atom stereocenters. The monoisotopic (exact) mass is 402 g/mol. The number of Topliss-reactive ketones (excluding diaryl/α,β-unsaturated/α-hetero) is 1. The molecule has 0 aliphatic heterocycles. The Kier molecular flexibility index (Phi) is 7.70. The van der Waals surface area contributed by atoms with Gasteiger partial charge in [0.1, 0.15) is 0 Å². The highest BCUT2D eigenvalue weighted by molar-refractivity contribution is 6.04. The van der Waals surface area contributed by atoms with Gasteiger partial charge in [-0.15, -0.1) is 0 Å².